The molecule has 70 valence electrons. The first kappa shape index (κ1) is 10.5. The maximum absolute atomic E-state index is 11.3. The van der Waals surface area contributed by atoms with Gasteiger partial charge in [-0.05, 0) is 40.5 Å². The van der Waals surface area contributed by atoms with Crippen LogP contribution in [0.5, 0.6) is 0 Å². The smallest absolute Gasteiger partial charge is 0.251 e. The zero-order valence-corrected chi connectivity index (χ0v) is 9.66. The fourth-order valence-corrected chi connectivity index (χ4v) is 1.65. The first-order valence-corrected chi connectivity index (χ1v) is 4.91. The van der Waals surface area contributed by atoms with Gasteiger partial charge in [0.2, 0.25) is 0 Å². The lowest BCUT2D eigenvalue weighted by Gasteiger charge is -2.05. The minimum Gasteiger partial charge on any atom is -0.355 e. The van der Waals surface area contributed by atoms with Crippen molar-refractivity contribution in [1.82, 2.24) is 5.32 Å². The Morgan fingerprint density at radius 3 is 2.69 bits per heavy atom. The van der Waals surface area contributed by atoms with Crippen molar-refractivity contribution in [3.8, 4) is 0 Å². The number of halogens is 2. The van der Waals surface area contributed by atoms with E-state index in [9.17, 15) is 4.79 Å². The molecule has 2 nitrogen and oxygen atoms in total. The molecule has 0 aliphatic carbocycles. The SMILES string of the molecule is CNC(=O)c1cc(Cl)c(Br)cc1C. The van der Waals surface area contributed by atoms with Crippen molar-refractivity contribution in [2.24, 2.45) is 0 Å². The summed E-state index contributed by atoms with van der Waals surface area (Å²) < 4.78 is 0.805. The molecule has 1 rings (SSSR count). The molecule has 0 aromatic heterocycles. The summed E-state index contributed by atoms with van der Waals surface area (Å²) in [5, 5.41) is 3.10. The molecule has 1 amide bonds. The van der Waals surface area contributed by atoms with Gasteiger partial charge in [0.15, 0.2) is 0 Å². The van der Waals surface area contributed by atoms with Crippen LogP contribution < -0.4 is 5.32 Å². The highest BCUT2D eigenvalue weighted by Crippen LogP contribution is 2.25. The number of hydrogen-bond acceptors (Lipinski definition) is 1. The molecule has 0 fully saturated rings. The Morgan fingerprint density at radius 1 is 1.54 bits per heavy atom. The Balaban J connectivity index is 3.23. The number of rotatable bonds is 1. The van der Waals surface area contributed by atoms with Crippen LogP contribution in [0, 0.1) is 6.92 Å². The fraction of sp³-hybridized carbons (Fsp3) is 0.222. The van der Waals surface area contributed by atoms with Crippen LogP contribution in [0.15, 0.2) is 16.6 Å². The predicted molar refractivity (Wildman–Crippen MR) is 57.3 cm³/mol. The van der Waals surface area contributed by atoms with Gasteiger partial charge in [-0.2, -0.15) is 0 Å². The summed E-state index contributed by atoms with van der Waals surface area (Å²) in [7, 11) is 1.59. The van der Waals surface area contributed by atoms with Gasteiger partial charge in [-0.25, -0.2) is 0 Å². The van der Waals surface area contributed by atoms with Crippen LogP contribution in [0.1, 0.15) is 15.9 Å². The quantitative estimate of drug-likeness (QED) is 0.828. The third-order valence-electron chi connectivity index (χ3n) is 1.74. The van der Waals surface area contributed by atoms with Gasteiger partial charge >= 0.3 is 0 Å². The van der Waals surface area contributed by atoms with E-state index in [1.807, 2.05) is 13.0 Å². The van der Waals surface area contributed by atoms with Gasteiger partial charge in [0.05, 0.1) is 5.02 Å². The summed E-state index contributed by atoms with van der Waals surface area (Å²) in [4.78, 5) is 11.3. The van der Waals surface area contributed by atoms with E-state index < -0.39 is 0 Å². The number of carbonyl (C=O) groups excluding carboxylic acids is 1. The van der Waals surface area contributed by atoms with Crippen molar-refractivity contribution < 1.29 is 4.79 Å². The molecule has 0 spiro atoms. The first-order valence-electron chi connectivity index (χ1n) is 3.74. The summed E-state index contributed by atoms with van der Waals surface area (Å²) in [6.45, 7) is 1.87. The molecule has 0 bridgehead atoms. The number of carbonyl (C=O) groups is 1. The van der Waals surface area contributed by atoms with Crippen molar-refractivity contribution in [3.63, 3.8) is 0 Å². The molecule has 1 N–H and O–H groups in total. The fourth-order valence-electron chi connectivity index (χ4n) is 1.03. The van der Waals surface area contributed by atoms with Gasteiger partial charge in [0.25, 0.3) is 5.91 Å². The highest BCUT2D eigenvalue weighted by Gasteiger charge is 2.09. The lowest BCUT2D eigenvalue weighted by molar-refractivity contribution is 0.0962. The van der Waals surface area contributed by atoms with E-state index in [1.54, 1.807) is 13.1 Å². The maximum atomic E-state index is 11.3. The summed E-state index contributed by atoms with van der Waals surface area (Å²) in [5.41, 5.74) is 1.51. The van der Waals surface area contributed by atoms with Gasteiger partial charge < -0.3 is 5.32 Å². The molecule has 0 radical (unpaired) electrons. The van der Waals surface area contributed by atoms with E-state index in [4.69, 9.17) is 11.6 Å². The largest absolute Gasteiger partial charge is 0.355 e. The summed E-state index contributed by atoms with van der Waals surface area (Å²) in [6, 6.07) is 3.48. The van der Waals surface area contributed by atoms with Crippen LogP contribution >= 0.6 is 27.5 Å². The number of hydrogen-bond donors (Lipinski definition) is 1. The second kappa shape index (κ2) is 4.11. The molecular formula is C9H9BrClNO. The molecule has 0 saturated heterocycles. The van der Waals surface area contributed by atoms with Crippen molar-refractivity contribution in [1.29, 1.82) is 0 Å². The summed E-state index contributed by atoms with van der Waals surface area (Å²) >= 11 is 9.15. The van der Waals surface area contributed by atoms with Gasteiger partial charge in [0, 0.05) is 17.1 Å². The molecule has 4 heteroatoms. The molecule has 0 aliphatic rings. The second-order valence-electron chi connectivity index (χ2n) is 2.66. The van der Waals surface area contributed by atoms with E-state index in [-0.39, 0.29) is 5.91 Å². The maximum Gasteiger partial charge on any atom is 0.251 e. The highest BCUT2D eigenvalue weighted by molar-refractivity contribution is 9.10. The zero-order chi connectivity index (χ0) is 10.0. The van der Waals surface area contributed by atoms with Crippen LogP contribution in [0.4, 0.5) is 0 Å². The normalized spacial score (nSPS) is 9.85. The van der Waals surface area contributed by atoms with E-state index in [1.165, 1.54) is 0 Å². The third kappa shape index (κ3) is 2.23. The zero-order valence-electron chi connectivity index (χ0n) is 7.32. The second-order valence-corrected chi connectivity index (χ2v) is 3.92. The van der Waals surface area contributed by atoms with Crippen LogP contribution in [0.3, 0.4) is 0 Å². The predicted octanol–water partition coefficient (Wildman–Crippen LogP) is 2.77. The first-order chi connectivity index (χ1) is 6.06. The Labute approximate surface area is 90.4 Å². The van der Waals surface area contributed by atoms with Crippen LogP contribution in [0.2, 0.25) is 5.02 Å². The molecule has 13 heavy (non-hydrogen) atoms. The average molecular weight is 263 g/mol. The molecule has 0 unspecified atom stereocenters. The average Bonchev–Trinajstić information content (AvgIpc) is 2.10. The van der Waals surface area contributed by atoms with Crippen molar-refractivity contribution in [2.45, 2.75) is 6.92 Å². The topological polar surface area (TPSA) is 29.1 Å². The molecule has 1 aromatic rings. The van der Waals surface area contributed by atoms with Gasteiger partial charge in [-0.1, -0.05) is 11.6 Å². The van der Waals surface area contributed by atoms with E-state index in [0.717, 1.165) is 10.0 Å². The molecule has 0 heterocycles. The minimum atomic E-state index is -0.119. The van der Waals surface area contributed by atoms with Crippen LogP contribution in [-0.4, -0.2) is 13.0 Å². The number of amides is 1. The Morgan fingerprint density at radius 2 is 2.15 bits per heavy atom. The van der Waals surface area contributed by atoms with Gasteiger partial charge in [-0.3, -0.25) is 4.79 Å². The highest BCUT2D eigenvalue weighted by atomic mass is 79.9. The lowest BCUT2D eigenvalue weighted by Crippen LogP contribution is -2.18. The van der Waals surface area contributed by atoms with Gasteiger partial charge in [-0.15, -0.1) is 0 Å². The van der Waals surface area contributed by atoms with E-state index in [2.05, 4.69) is 21.2 Å². The van der Waals surface area contributed by atoms with E-state index >= 15 is 0 Å². The molecule has 1 aromatic carbocycles. The Bertz CT molecular complexity index is 352. The lowest BCUT2D eigenvalue weighted by atomic mass is 10.1. The van der Waals surface area contributed by atoms with Crippen molar-refractivity contribution in [3.05, 3.63) is 32.8 Å². The Hall–Kier alpha value is -0.540. The number of nitrogens with one attached hydrogen (secondary N) is 1. The van der Waals surface area contributed by atoms with Crippen molar-refractivity contribution in [2.75, 3.05) is 7.05 Å². The number of aryl methyl sites for hydroxylation is 1. The molecule has 0 aliphatic heterocycles. The number of benzene rings is 1. The molecule has 0 saturated carbocycles. The summed E-state index contributed by atoms with van der Waals surface area (Å²) in [5.74, 6) is -0.119. The Kier molecular flexibility index (Phi) is 3.33. The van der Waals surface area contributed by atoms with Gasteiger partial charge in [0.1, 0.15) is 0 Å². The standard InChI is InChI=1S/C9H9BrClNO/c1-5-3-7(10)8(11)4-6(5)9(13)12-2/h3-4H,1-2H3,(H,12,13). The molecular weight excluding hydrogens is 253 g/mol. The minimum absolute atomic E-state index is 0.119. The monoisotopic (exact) mass is 261 g/mol. The summed E-state index contributed by atoms with van der Waals surface area (Å²) in [6.07, 6.45) is 0. The van der Waals surface area contributed by atoms with Crippen LogP contribution in [-0.2, 0) is 0 Å². The van der Waals surface area contributed by atoms with Crippen LogP contribution in [0.25, 0.3) is 0 Å². The van der Waals surface area contributed by atoms with Crippen molar-refractivity contribution >= 4 is 33.4 Å². The third-order valence-corrected chi connectivity index (χ3v) is 2.94. The molecule has 0 atom stereocenters. The van der Waals surface area contributed by atoms with E-state index in [0.29, 0.717) is 10.6 Å².